The first kappa shape index (κ1) is 15.4. The third-order valence-corrected chi connectivity index (χ3v) is 3.51. The Balaban J connectivity index is 2.84. The molecule has 0 aliphatic carbocycles. The summed E-state index contributed by atoms with van der Waals surface area (Å²) >= 11 is 0. The summed E-state index contributed by atoms with van der Waals surface area (Å²) in [6, 6.07) is 11.2. The van der Waals surface area contributed by atoms with Gasteiger partial charge in [-0.2, -0.15) is 0 Å². The quantitative estimate of drug-likeness (QED) is 0.671. The van der Waals surface area contributed by atoms with Gasteiger partial charge in [0.15, 0.2) is 0 Å². The zero-order valence-electron chi connectivity index (χ0n) is 11.4. The predicted octanol–water partition coefficient (Wildman–Crippen LogP) is 1.94. The van der Waals surface area contributed by atoms with Gasteiger partial charge in [0.1, 0.15) is 16.9 Å². The number of aliphatic carboxylic acids is 2. The molecule has 0 heterocycles. The van der Waals surface area contributed by atoms with Crippen molar-refractivity contribution in [3.05, 3.63) is 59.7 Å². The van der Waals surface area contributed by atoms with E-state index in [-0.39, 0.29) is 22.6 Å². The highest BCUT2D eigenvalue weighted by Gasteiger charge is 2.47. The Morgan fingerprint density at radius 1 is 0.818 bits per heavy atom. The van der Waals surface area contributed by atoms with Crippen LogP contribution < -0.4 is 0 Å². The predicted molar refractivity (Wildman–Crippen MR) is 76.9 cm³/mol. The van der Waals surface area contributed by atoms with Crippen LogP contribution in [0, 0.1) is 0 Å². The Bertz CT molecular complexity index is 677. The number of aromatic hydroxyl groups is 2. The lowest BCUT2D eigenvalue weighted by molar-refractivity contribution is -0.148. The van der Waals surface area contributed by atoms with E-state index in [1.807, 2.05) is 0 Å². The Morgan fingerprint density at radius 3 is 1.55 bits per heavy atom. The molecule has 0 atom stereocenters. The van der Waals surface area contributed by atoms with Crippen LogP contribution in [0.4, 0.5) is 0 Å². The number of benzene rings is 2. The summed E-state index contributed by atoms with van der Waals surface area (Å²) in [5.41, 5.74) is -2.28. The fraction of sp³-hybridized carbons (Fsp3) is 0.125. The minimum absolute atomic E-state index is 0.0913. The largest absolute Gasteiger partial charge is 0.508 e. The second-order valence-electron chi connectivity index (χ2n) is 4.82. The molecule has 22 heavy (non-hydrogen) atoms. The molecule has 0 aromatic heterocycles. The smallest absolute Gasteiger partial charge is 0.319 e. The number of para-hydroxylation sites is 2. The molecule has 6 heteroatoms. The first-order valence-electron chi connectivity index (χ1n) is 6.41. The minimum Gasteiger partial charge on any atom is -0.508 e. The van der Waals surface area contributed by atoms with E-state index in [4.69, 9.17) is 0 Å². The van der Waals surface area contributed by atoms with Crippen LogP contribution in [0.3, 0.4) is 0 Å². The fourth-order valence-corrected chi connectivity index (χ4v) is 2.54. The molecular formula is C16H14O6. The first-order valence-corrected chi connectivity index (χ1v) is 6.41. The van der Waals surface area contributed by atoms with Crippen LogP contribution in [0.1, 0.15) is 17.5 Å². The van der Waals surface area contributed by atoms with Crippen LogP contribution in [0.25, 0.3) is 0 Å². The number of phenols is 2. The van der Waals surface area contributed by atoms with Crippen molar-refractivity contribution >= 4 is 11.9 Å². The average Bonchev–Trinajstić information content (AvgIpc) is 2.45. The van der Waals surface area contributed by atoms with Crippen molar-refractivity contribution in [1.29, 1.82) is 0 Å². The van der Waals surface area contributed by atoms with Crippen molar-refractivity contribution in [1.82, 2.24) is 0 Å². The summed E-state index contributed by atoms with van der Waals surface area (Å²) in [6.45, 7) is 0. The second kappa shape index (κ2) is 5.77. The maximum atomic E-state index is 12.0. The molecule has 114 valence electrons. The van der Waals surface area contributed by atoms with E-state index in [9.17, 15) is 30.0 Å². The van der Waals surface area contributed by atoms with Crippen LogP contribution in [-0.4, -0.2) is 32.4 Å². The minimum atomic E-state index is -2.09. The molecule has 0 saturated carbocycles. The van der Waals surface area contributed by atoms with Gasteiger partial charge in [0.2, 0.25) is 0 Å². The number of carboxylic acid groups (broad SMARTS) is 2. The number of hydrogen-bond donors (Lipinski definition) is 4. The maximum absolute atomic E-state index is 12.0. The fourth-order valence-electron chi connectivity index (χ4n) is 2.54. The Morgan fingerprint density at radius 2 is 1.23 bits per heavy atom. The number of phenolic OH excluding ortho intramolecular Hbond substituents is 2. The third kappa shape index (κ3) is 2.46. The van der Waals surface area contributed by atoms with Crippen LogP contribution in [-0.2, 0) is 15.0 Å². The zero-order valence-corrected chi connectivity index (χ0v) is 11.4. The van der Waals surface area contributed by atoms with Crippen molar-refractivity contribution in [2.24, 2.45) is 0 Å². The molecule has 6 nitrogen and oxygen atoms in total. The maximum Gasteiger partial charge on any atom is 0.319 e. The molecular weight excluding hydrogens is 288 g/mol. The number of carbonyl (C=O) groups is 2. The van der Waals surface area contributed by atoms with Gasteiger partial charge in [-0.05, 0) is 12.1 Å². The van der Waals surface area contributed by atoms with Gasteiger partial charge >= 0.3 is 11.9 Å². The Kier molecular flexibility index (Phi) is 4.03. The summed E-state index contributed by atoms with van der Waals surface area (Å²) < 4.78 is 0. The summed E-state index contributed by atoms with van der Waals surface area (Å²) in [5, 5.41) is 39.0. The van der Waals surface area contributed by atoms with Crippen molar-refractivity contribution < 1.29 is 30.0 Å². The third-order valence-electron chi connectivity index (χ3n) is 3.51. The van der Waals surface area contributed by atoms with Gasteiger partial charge < -0.3 is 20.4 Å². The first-order chi connectivity index (χ1) is 10.4. The molecule has 0 fully saturated rings. The summed E-state index contributed by atoms with van der Waals surface area (Å²) in [7, 11) is 0. The molecule has 0 unspecified atom stereocenters. The number of rotatable bonds is 5. The molecule has 0 amide bonds. The number of carboxylic acids is 2. The van der Waals surface area contributed by atoms with Gasteiger partial charge in [0.05, 0.1) is 6.42 Å². The van der Waals surface area contributed by atoms with Crippen LogP contribution in [0.5, 0.6) is 11.5 Å². The molecule has 0 aliphatic heterocycles. The highest BCUT2D eigenvalue weighted by molar-refractivity contribution is 5.92. The number of hydrogen-bond acceptors (Lipinski definition) is 4. The summed E-state index contributed by atoms with van der Waals surface area (Å²) in [5.74, 6) is -3.55. The molecule has 2 aromatic carbocycles. The Labute approximate surface area is 125 Å². The molecule has 4 N–H and O–H groups in total. The van der Waals surface area contributed by atoms with Crippen molar-refractivity contribution in [3.8, 4) is 11.5 Å². The molecule has 0 aliphatic rings. The topological polar surface area (TPSA) is 115 Å². The van der Waals surface area contributed by atoms with E-state index in [0.717, 1.165) is 0 Å². The molecule has 0 spiro atoms. The van der Waals surface area contributed by atoms with E-state index in [1.165, 1.54) is 48.5 Å². The lowest BCUT2D eigenvalue weighted by Crippen LogP contribution is -2.39. The van der Waals surface area contributed by atoms with Gasteiger partial charge in [0.25, 0.3) is 0 Å². The summed E-state index contributed by atoms with van der Waals surface area (Å²) in [4.78, 5) is 23.2. The van der Waals surface area contributed by atoms with E-state index >= 15 is 0 Å². The SMILES string of the molecule is O=C(O)CC(C(=O)O)(c1ccccc1O)c1ccccc1O. The molecule has 2 rings (SSSR count). The van der Waals surface area contributed by atoms with Crippen molar-refractivity contribution in [3.63, 3.8) is 0 Å². The van der Waals surface area contributed by atoms with Crippen molar-refractivity contribution in [2.45, 2.75) is 11.8 Å². The zero-order chi connectivity index (χ0) is 16.3. The van der Waals surface area contributed by atoms with E-state index < -0.39 is 23.8 Å². The van der Waals surface area contributed by atoms with Crippen LogP contribution in [0.2, 0.25) is 0 Å². The molecule has 0 bridgehead atoms. The van der Waals surface area contributed by atoms with Gasteiger partial charge in [-0.3, -0.25) is 9.59 Å². The second-order valence-corrected chi connectivity index (χ2v) is 4.82. The van der Waals surface area contributed by atoms with Gasteiger partial charge in [0, 0.05) is 11.1 Å². The lowest BCUT2D eigenvalue weighted by Gasteiger charge is -2.30. The normalized spacial score (nSPS) is 11.1. The summed E-state index contributed by atoms with van der Waals surface area (Å²) in [6.07, 6.45) is -0.822. The molecule has 2 aromatic rings. The molecule has 0 radical (unpaired) electrons. The van der Waals surface area contributed by atoms with Crippen LogP contribution in [0.15, 0.2) is 48.5 Å². The van der Waals surface area contributed by atoms with Gasteiger partial charge in [-0.1, -0.05) is 36.4 Å². The van der Waals surface area contributed by atoms with Crippen LogP contribution >= 0.6 is 0 Å². The molecule has 0 saturated heterocycles. The van der Waals surface area contributed by atoms with Gasteiger partial charge in [-0.15, -0.1) is 0 Å². The van der Waals surface area contributed by atoms with E-state index in [0.29, 0.717) is 0 Å². The highest BCUT2D eigenvalue weighted by atomic mass is 16.4. The highest BCUT2D eigenvalue weighted by Crippen LogP contribution is 2.43. The van der Waals surface area contributed by atoms with Crippen molar-refractivity contribution in [2.75, 3.05) is 0 Å². The lowest BCUT2D eigenvalue weighted by atomic mass is 9.71. The monoisotopic (exact) mass is 302 g/mol. The van der Waals surface area contributed by atoms with E-state index in [1.54, 1.807) is 0 Å². The standard InChI is InChI=1S/C16H14O6/c17-12-7-3-1-5-10(12)16(15(21)22,9-14(19)20)11-6-2-4-8-13(11)18/h1-8,17-18H,9H2,(H,19,20)(H,21,22). The Hall–Kier alpha value is -3.02. The van der Waals surface area contributed by atoms with E-state index in [2.05, 4.69) is 0 Å². The van der Waals surface area contributed by atoms with Gasteiger partial charge in [-0.25, -0.2) is 0 Å². The average molecular weight is 302 g/mol.